The van der Waals surface area contributed by atoms with E-state index in [-0.39, 0.29) is 22.0 Å². The number of hydrogen-bond donors (Lipinski definition) is 2. The van der Waals surface area contributed by atoms with Gasteiger partial charge in [0.25, 0.3) is 10.0 Å². The quantitative estimate of drug-likeness (QED) is 0.507. The molecule has 10 heteroatoms. The van der Waals surface area contributed by atoms with E-state index in [1.54, 1.807) is 30.1 Å². The van der Waals surface area contributed by atoms with Gasteiger partial charge in [-0.2, -0.15) is 5.10 Å². The Balaban J connectivity index is 1.82. The fraction of sp³-hybridized carbons (Fsp3) is 0.318. The van der Waals surface area contributed by atoms with E-state index >= 15 is 0 Å². The zero-order valence-electron chi connectivity index (χ0n) is 18.5. The average Bonchev–Trinajstić information content (AvgIpc) is 3.04. The summed E-state index contributed by atoms with van der Waals surface area (Å²) in [4.78, 5) is 18.0. The smallest absolute Gasteiger partial charge is 0.339 e. The van der Waals surface area contributed by atoms with Gasteiger partial charge in [-0.15, -0.1) is 0 Å². The highest BCUT2D eigenvalue weighted by atomic mass is 32.2. The van der Waals surface area contributed by atoms with Crippen molar-refractivity contribution in [2.75, 3.05) is 23.2 Å². The molecule has 0 atom stereocenters. The minimum absolute atomic E-state index is 0.0800. The molecule has 3 aromatic rings. The van der Waals surface area contributed by atoms with Crippen LogP contribution in [0.4, 0.5) is 11.5 Å². The molecular weight excluding hydrogens is 430 g/mol. The second-order valence-corrected chi connectivity index (χ2v) is 9.14. The van der Waals surface area contributed by atoms with Crippen LogP contribution in [0, 0.1) is 13.8 Å². The molecule has 0 saturated heterocycles. The van der Waals surface area contributed by atoms with Gasteiger partial charge in [0.05, 0.1) is 22.5 Å². The maximum Gasteiger partial charge on any atom is 0.339 e. The lowest BCUT2D eigenvalue weighted by molar-refractivity contribution is 0.0697. The van der Waals surface area contributed by atoms with Crippen molar-refractivity contribution in [3.8, 4) is 0 Å². The van der Waals surface area contributed by atoms with Gasteiger partial charge >= 0.3 is 5.97 Å². The molecule has 0 amide bonds. The molecule has 2 N–H and O–H groups in total. The van der Waals surface area contributed by atoms with E-state index in [1.807, 2.05) is 25.5 Å². The number of nitrogens with zero attached hydrogens (tertiary/aromatic N) is 4. The highest BCUT2D eigenvalue weighted by Crippen LogP contribution is 2.24. The van der Waals surface area contributed by atoms with E-state index in [0.717, 1.165) is 23.5 Å². The fourth-order valence-corrected chi connectivity index (χ4v) is 4.63. The first-order valence-corrected chi connectivity index (χ1v) is 11.7. The molecule has 0 aliphatic rings. The molecule has 9 nitrogen and oxygen atoms in total. The van der Waals surface area contributed by atoms with Crippen LogP contribution in [0.2, 0.25) is 0 Å². The molecule has 1 aromatic carbocycles. The van der Waals surface area contributed by atoms with Gasteiger partial charge in [-0.3, -0.25) is 9.40 Å². The summed E-state index contributed by atoms with van der Waals surface area (Å²) in [6, 6.07) is 9.14. The SMILES string of the molecule is CCn1nc(C)c(CCN(C)c2ncc(NS(=O)(=O)c3ccccc3)cc2C(=O)O)c1C. The molecule has 0 fully saturated rings. The molecule has 2 aromatic heterocycles. The number of aromatic nitrogens is 3. The maximum atomic E-state index is 12.5. The lowest BCUT2D eigenvalue weighted by atomic mass is 10.1. The number of pyridine rings is 1. The molecule has 0 bridgehead atoms. The zero-order chi connectivity index (χ0) is 23.5. The monoisotopic (exact) mass is 457 g/mol. The Bertz CT molecular complexity index is 1220. The summed E-state index contributed by atoms with van der Waals surface area (Å²) < 4.78 is 29.4. The van der Waals surface area contributed by atoms with Crippen molar-refractivity contribution in [1.82, 2.24) is 14.8 Å². The Kier molecular flexibility index (Phi) is 6.83. The van der Waals surface area contributed by atoms with Gasteiger partial charge in [-0.25, -0.2) is 18.2 Å². The number of aryl methyl sites for hydroxylation is 2. The first-order valence-electron chi connectivity index (χ1n) is 10.2. The Morgan fingerprint density at radius 1 is 1.22 bits per heavy atom. The lowest BCUT2D eigenvalue weighted by Crippen LogP contribution is -2.24. The molecule has 2 heterocycles. The lowest BCUT2D eigenvalue weighted by Gasteiger charge is -2.21. The minimum atomic E-state index is -3.85. The molecule has 32 heavy (non-hydrogen) atoms. The number of hydrogen-bond acceptors (Lipinski definition) is 6. The average molecular weight is 458 g/mol. The number of sulfonamides is 1. The van der Waals surface area contributed by atoms with E-state index in [4.69, 9.17) is 0 Å². The molecule has 0 aliphatic carbocycles. The number of aromatic carboxylic acids is 1. The van der Waals surface area contributed by atoms with Crippen molar-refractivity contribution in [3.63, 3.8) is 0 Å². The summed E-state index contributed by atoms with van der Waals surface area (Å²) in [6.45, 7) is 7.33. The number of rotatable bonds is 9. The highest BCUT2D eigenvalue weighted by molar-refractivity contribution is 7.92. The van der Waals surface area contributed by atoms with Gasteiger partial charge in [-0.05, 0) is 51.0 Å². The summed E-state index contributed by atoms with van der Waals surface area (Å²) in [6.07, 6.45) is 2.00. The van der Waals surface area contributed by atoms with Crippen molar-refractivity contribution in [2.24, 2.45) is 0 Å². The number of carbonyl (C=O) groups is 1. The largest absolute Gasteiger partial charge is 0.478 e. The molecule has 170 valence electrons. The van der Waals surface area contributed by atoms with Gasteiger partial charge in [-0.1, -0.05) is 18.2 Å². The Morgan fingerprint density at radius 2 is 1.91 bits per heavy atom. The van der Waals surface area contributed by atoms with E-state index < -0.39 is 16.0 Å². The standard InChI is InChI=1S/C22H27N5O4S/c1-5-27-16(3)19(15(2)24-27)11-12-26(4)21-20(22(28)29)13-17(14-23-21)25-32(30,31)18-9-7-6-8-10-18/h6-10,13-14,25H,5,11-12H2,1-4H3,(H,28,29). The number of carboxylic acid groups (broad SMARTS) is 1. The fourth-order valence-electron chi connectivity index (χ4n) is 3.58. The van der Waals surface area contributed by atoms with Crippen LogP contribution in [-0.4, -0.2) is 47.9 Å². The Morgan fingerprint density at radius 3 is 2.50 bits per heavy atom. The molecule has 0 saturated carbocycles. The van der Waals surface area contributed by atoms with Crippen LogP contribution >= 0.6 is 0 Å². The second kappa shape index (κ2) is 9.39. The van der Waals surface area contributed by atoms with Crippen LogP contribution in [0.3, 0.4) is 0 Å². The third-order valence-corrected chi connectivity index (χ3v) is 6.69. The van der Waals surface area contributed by atoms with Gasteiger partial charge in [0, 0.05) is 25.8 Å². The van der Waals surface area contributed by atoms with E-state index in [9.17, 15) is 18.3 Å². The molecule has 0 aliphatic heterocycles. The van der Waals surface area contributed by atoms with Gasteiger partial charge in [0.1, 0.15) is 11.4 Å². The van der Waals surface area contributed by atoms with Gasteiger partial charge in [0.2, 0.25) is 0 Å². The maximum absolute atomic E-state index is 12.5. The van der Waals surface area contributed by atoms with Crippen molar-refractivity contribution < 1.29 is 18.3 Å². The predicted octanol–water partition coefficient (Wildman–Crippen LogP) is 3.09. The molecule has 0 unspecified atom stereocenters. The summed E-state index contributed by atoms with van der Waals surface area (Å²) in [7, 11) is -2.09. The first kappa shape index (κ1) is 23.3. The normalized spacial score (nSPS) is 11.4. The summed E-state index contributed by atoms with van der Waals surface area (Å²) in [5.74, 6) is -0.926. The van der Waals surface area contributed by atoms with Crippen LogP contribution in [-0.2, 0) is 23.0 Å². The van der Waals surface area contributed by atoms with Crippen LogP contribution in [0.15, 0.2) is 47.5 Å². The third-order valence-electron chi connectivity index (χ3n) is 5.29. The predicted molar refractivity (Wildman–Crippen MR) is 123 cm³/mol. The molecule has 0 spiro atoms. The van der Waals surface area contributed by atoms with Crippen LogP contribution < -0.4 is 9.62 Å². The van der Waals surface area contributed by atoms with Gasteiger partial charge < -0.3 is 10.0 Å². The number of carboxylic acids is 1. The Labute approximate surface area is 187 Å². The molecule has 3 rings (SSSR count). The third kappa shape index (κ3) is 4.91. The molecule has 0 radical (unpaired) electrons. The van der Waals surface area contributed by atoms with E-state index in [0.29, 0.717) is 13.0 Å². The van der Waals surface area contributed by atoms with E-state index in [2.05, 4.69) is 14.8 Å². The minimum Gasteiger partial charge on any atom is -0.478 e. The second-order valence-electron chi connectivity index (χ2n) is 7.46. The summed E-state index contributed by atoms with van der Waals surface area (Å²) >= 11 is 0. The Hall–Kier alpha value is -3.40. The van der Waals surface area contributed by atoms with Crippen molar-refractivity contribution >= 4 is 27.5 Å². The first-order chi connectivity index (χ1) is 15.1. The van der Waals surface area contributed by atoms with Crippen LogP contribution in [0.25, 0.3) is 0 Å². The zero-order valence-corrected chi connectivity index (χ0v) is 19.3. The highest BCUT2D eigenvalue weighted by Gasteiger charge is 2.20. The summed E-state index contributed by atoms with van der Waals surface area (Å²) in [5.41, 5.74) is 3.17. The van der Waals surface area contributed by atoms with Crippen molar-refractivity contribution in [3.05, 3.63) is 65.1 Å². The van der Waals surface area contributed by atoms with Gasteiger partial charge in [0.15, 0.2) is 0 Å². The van der Waals surface area contributed by atoms with Crippen LogP contribution in [0.5, 0.6) is 0 Å². The van der Waals surface area contributed by atoms with Crippen molar-refractivity contribution in [2.45, 2.75) is 38.6 Å². The van der Waals surface area contributed by atoms with Crippen molar-refractivity contribution in [1.29, 1.82) is 0 Å². The van der Waals surface area contributed by atoms with E-state index in [1.165, 1.54) is 24.4 Å². The number of likely N-dealkylation sites (N-methyl/N-ethyl adjacent to an activating group) is 1. The number of benzene rings is 1. The summed E-state index contributed by atoms with van der Waals surface area (Å²) in [5, 5.41) is 14.2. The topological polar surface area (TPSA) is 117 Å². The number of anilines is 2. The molecular formula is C22H27N5O4S. The number of nitrogens with one attached hydrogen (secondary N) is 1. The van der Waals surface area contributed by atoms with Crippen LogP contribution in [0.1, 0.15) is 34.2 Å².